The minimum atomic E-state index is -1.62. The molecule has 24 heavy (non-hydrogen) atoms. The Balaban J connectivity index is 1.76. The molecule has 0 spiro atoms. The van der Waals surface area contributed by atoms with Gasteiger partial charge in [-0.3, -0.25) is 4.79 Å². The zero-order valence-corrected chi connectivity index (χ0v) is 12.9. The minimum Gasteiger partial charge on any atom is -0.497 e. The summed E-state index contributed by atoms with van der Waals surface area (Å²) in [5.74, 6) is -3.52. The molecule has 1 N–H and O–H groups in total. The van der Waals surface area contributed by atoms with E-state index in [1.54, 1.807) is 31.4 Å². The van der Waals surface area contributed by atoms with E-state index in [0.29, 0.717) is 17.9 Å². The fourth-order valence-electron chi connectivity index (χ4n) is 1.93. The number of carbonyl (C=O) groups is 1. The Morgan fingerprint density at radius 2 is 1.67 bits per heavy atom. The van der Waals surface area contributed by atoms with Gasteiger partial charge in [0.05, 0.1) is 19.4 Å². The third kappa shape index (κ3) is 4.65. The van der Waals surface area contributed by atoms with Gasteiger partial charge in [-0.15, -0.1) is 0 Å². The lowest BCUT2D eigenvalue weighted by molar-refractivity contribution is -0.116. The highest BCUT2D eigenvalue weighted by Gasteiger charge is 2.15. The molecular formula is C17H16F3NO3. The van der Waals surface area contributed by atoms with Crippen LogP contribution in [0.5, 0.6) is 11.5 Å². The van der Waals surface area contributed by atoms with Gasteiger partial charge in [-0.25, -0.2) is 13.2 Å². The zero-order valence-electron chi connectivity index (χ0n) is 12.9. The molecule has 0 fully saturated rings. The average Bonchev–Trinajstić information content (AvgIpc) is 2.60. The van der Waals surface area contributed by atoms with Crippen LogP contribution in [-0.4, -0.2) is 19.6 Å². The van der Waals surface area contributed by atoms with Crippen molar-refractivity contribution in [3.05, 3.63) is 53.8 Å². The Bertz CT molecular complexity index is 705. The maximum absolute atomic E-state index is 13.4. The third-order valence-corrected chi connectivity index (χ3v) is 3.19. The van der Waals surface area contributed by atoms with E-state index in [1.165, 1.54) is 0 Å². The van der Waals surface area contributed by atoms with Gasteiger partial charge in [-0.2, -0.15) is 0 Å². The molecule has 0 aliphatic carbocycles. The van der Waals surface area contributed by atoms with E-state index in [-0.39, 0.29) is 13.0 Å². The molecule has 0 aliphatic heterocycles. The van der Waals surface area contributed by atoms with Gasteiger partial charge in [0.1, 0.15) is 11.5 Å². The van der Waals surface area contributed by atoms with Crippen molar-refractivity contribution in [1.82, 2.24) is 0 Å². The molecule has 0 saturated carbocycles. The Morgan fingerprint density at radius 3 is 2.33 bits per heavy atom. The number of ether oxygens (including phenoxy) is 2. The SMILES string of the molecule is COc1ccc(OCCCC(=O)Nc2ccc(F)c(F)c2F)cc1. The zero-order chi connectivity index (χ0) is 17.5. The van der Waals surface area contributed by atoms with Crippen molar-refractivity contribution >= 4 is 11.6 Å². The van der Waals surface area contributed by atoms with Crippen molar-refractivity contribution in [3.8, 4) is 11.5 Å². The van der Waals surface area contributed by atoms with Crippen LogP contribution < -0.4 is 14.8 Å². The van der Waals surface area contributed by atoms with Crippen molar-refractivity contribution in [2.75, 3.05) is 19.0 Å². The topological polar surface area (TPSA) is 47.6 Å². The van der Waals surface area contributed by atoms with Gasteiger partial charge >= 0.3 is 0 Å². The number of hydrogen-bond acceptors (Lipinski definition) is 3. The molecule has 0 radical (unpaired) electrons. The number of anilines is 1. The molecule has 0 aromatic heterocycles. The van der Waals surface area contributed by atoms with Gasteiger partial charge in [0.2, 0.25) is 5.91 Å². The van der Waals surface area contributed by atoms with Gasteiger partial charge < -0.3 is 14.8 Å². The molecule has 0 aliphatic rings. The van der Waals surface area contributed by atoms with Gasteiger partial charge in [0.25, 0.3) is 0 Å². The van der Waals surface area contributed by atoms with E-state index < -0.39 is 29.0 Å². The summed E-state index contributed by atoms with van der Waals surface area (Å²) in [4.78, 5) is 11.7. The third-order valence-electron chi connectivity index (χ3n) is 3.19. The number of rotatable bonds is 7. The van der Waals surface area contributed by atoms with Crippen molar-refractivity contribution < 1.29 is 27.4 Å². The van der Waals surface area contributed by atoms with Crippen LogP contribution in [0.4, 0.5) is 18.9 Å². The molecule has 128 valence electrons. The summed E-state index contributed by atoms with van der Waals surface area (Å²) in [6.07, 6.45) is 0.428. The quantitative estimate of drug-likeness (QED) is 0.615. The number of methoxy groups -OCH3 is 1. The number of nitrogens with one attached hydrogen (secondary N) is 1. The van der Waals surface area contributed by atoms with E-state index in [2.05, 4.69) is 5.32 Å². The number of carbonyl (C=O) groups excluding carboxylic acids is 1. The Hall–Kier alpha value is -2.70. The van der Waals surface area contributed by atoms with Crippen molar-refractivity contribution in [3.63, 3.8) is 0 Å². The van der Waals surface area contributed by atoms with Crippen molar-refractivity contribution in [2.45, 2.75) is 12.8 Å². The van der Waals surface area contributed by atoms with E-state index in [0.717, 1.165) is 12.1 Å². The largest absolute Gasteiger partial charge is 0.497 e. The molecule has 0 bridgehead atoms. The summed E-state index contributed by atoms with van der Waals surface area (Å²) in [7, 11) is 1.56. The maximum atomic E-state index is 13.4. The standard InChI is InChI=1S/C17H16F3NO3/c1-23-11-4-6-12(7-5-11)24-10-2-3-15(22)21-14-9-8-13(18)16(19)17(14)20/h4-9H,2-3,10H2,1H3,(H,21,22). The normalized spacial score (nSPS) is 10.3. The first-order chi connectivity index (χ1) is 11.5. The summed E-state index contributed by atoms with van der Waals surface area (Å²) in [5, 5.41) is 2.20. The fourth-order valence-corrected chi connectivity index (χ4v) is 1.93. The predicted octanol–water partition coefficient (Wildman–Crippen LogP) is 3.91. The lowest BCUT2D eigenvalue weighted by atomic mass is 10.2. The average molecular weight is 339 g/mol. The Kier molecular flexibility index (Phi) is 6.06. The summed E-state index contributed by atoms with van der Waals surface area (Å²) >= 11 is 0. The summed E-state index contributed by atoms with van der Waals surface area (Å²) < 4.78 is 49.8. The van der Waals surface area contributed by atoms with Gasteiger partial charge in [-0.1, -0.05) is 0 Å². The Morgan fingerprint density at radius 1 is 1.00 bits per heavy atom. The van der Waals surface area contributed by atoms with Crippen LogP contribution in [0.3, 0.4) is 0 Å². The molecule has 4 nitrogen and oxygen atoms in total. The molecule has 0 atom stereocenters. The Labute approximate surface area is 137 Å². The highest BCUT2D eigenvalue weighted by Crippen LogP contribution is 2.20. The van der Waals surface area contributed by atoms with Gasteiger partial charge in [0, 0.05) is 6.42 Å². The smallest absolute Gasteiger partial charge is 0.224 e. The van der Waals surface area contributed by atoms with Crippen LogP contribution >= 0.6 is 0 Å². The molecule has 0 heterocycles. The lowest BCUT2D eigenvalue weighted by Gasteiger charge is -2.09. The predicted molar refractivity (Wildman–Crippen MR) is 82.7 cm³/mol. The number of benzene rings is 2. The van der Waals surface area contributed by atoms with E-state index in [1.807, 2.05) is 0 Å². The molecule has 0 saturated heterocycles. The number of hydrogen-bond donors (Lipinski definition) is 1. The second-order valence-electron chi connectivity index (χ2n) is 4.90. The van der Waals surface area contributed by atoms with Crippen LogP contribution in [0.1, 0.15) is 12.8 Å². The molecular weight excluding hydrogens is 323 g/mol. The molecule has 7 heteroatoms. The van der Waals surface area contributed by atoms with Crippen LogP contribution in [0.2, 0.25) is 0 Å². The molecule has 2 aromatic rings. The monoisotopic (exact) mass is 339 g/mol. The van der Waals surface area contributed by atoms with Crippen molar-refractivity contribution in [2.24, 2.45) is 0 Å². The number of halogens is 3. The second kappa shape index (κ2) is 8.24. The van der Waals surface area contributed by atoms with Crippen LogP contribution in [0.25, 0.3) is 0 Å². The first-order valence-corrected chi connectivity index (χ1v) is 7.21. The summed E-state index contributed by atoms with van der Waals surface area (Å²) in [5.41, 5.74) is -0.394. The molecule has 2 aromatic carbocycles. The molecule has 1 amide bonds. The van der Waals surface area contributed by atoms with Gasteiger partial charge in [0.15, 0.2) is 17.5 Å². The highest BCUT2D eigenvalue weighted by atomic mass is 19.2. The lowest BCUT2D eigenvalue weighted by Crippen LogP contribution is -2.14. The highest BCUT2D eigenvalue weighted by molar-refractivity contribution is 5.90. The van der Waals surface area contributed by atoms with Crippen LogP contribution in [-0.2, 0) is 4.79 Å². The van der Waals surface area contributed by atoms with E-state index in [9.17, 15) is 18.0 Å². The maximum Gasteiger partial charge on any atom is 0.224 e. The summed E-state index contributed by atoms with van der Waals surface area (Å²) in [6.45, 7) is 0.278. The van der Waals surface area contributed by atoms with E-state index >= 15 is 0 Å². The van der Waals surface area contributed by atoms with Crippen LogP contribution in [0, 0.1) is 17.5 Å². The summed E-state index contributed by atoms with van der Waals surface area (Å²) in [6, 6.07) is 8.67. The molecule has 0 unspecified atom stereocenters. The fraction of sp³-hybridized carbons (Fsp3) is 0.235. The van der Waals surface area contributed by atoms with E-state index in [4.69, 9.17) is 9.47 Å². The van der Waals surface area contributed by atoms with Crippen molar-refractivity contribution in [1.29, 1.82) is 0 Å². The first kappa shape index (κ1) is 17.7. The number of amides is 1. The van der Waals surface area contributed by atoms with Crippen LogP contribution in [0.15, 0.2) is 36.4 Å². The molecule has 2 rings (SSSR count). The minimum absolute atomic E-state index is 0.0502. The van der Waals surface area contributed by atoms with Gasteiger partial charge in [-0.05, 0) is 42.8 Å². The second-order valence-corrected chi connectivity index (χ2v) is 4.90. The first-order valence-electron chi connectivity index (χ1n) is 7.21.